The molecule has 29 heteroatoms. The summed E-state index contributed by atoms with van der Waals surface area (Å²) in [6, 6.07) is 0. The molecular formula is C34H42N10O15P2S2. The number of hydrogen-bond acceptors (Lipinski definition) is 21. The molecule has 63 heavy (non-hydrogen) atoms. The zero-order chi connectivity index (χ0) is 44.8. The van der Waals surface area contributed by atoms with E-state index < -0.39 is 112 Å². The number of carboxylic acids is 1. The van der Waals surface area contributed by atoms with E-state index in [1.807, 2.05) is 0 Å². The summed E-state index contributed by atoms with van der Waals surface area (Å²) in [5.74, 6) is -1.57. The highest BCUT2D eigenvalue weighted by atomic mass is 32.5. The molecule has 0 spiro atoms. The van der Waals surface area contributed by atoms with Crippen molar-refractivity contribution in [1.82, 2.24) is 44.4 Å². The van der Waals surface area contributed by atoms with E-state index in [9.17, 15) is 29.3 Å². The number of aliphatic carboxylic acids is 1. The number of allylic oxidation sites excluding steroid dienone is 1. The second-order valence-corrected chi connectivity index (χ2v) is 20.9. The Morgan fingerprint density at radius 2 is 1.54 bits per heavy atom. The van der Waals surface area contributed by atoms with E-state index in [1.165, 1.54) is 34.4 Å². The Morgan fingerprint density at radius 3 is 2.27 bits per heavy atom. The molecule has 0 radical (unpaired) electrons. The van der Waals surface area contributed by atoms with Crippen molar-refractivity contribution < 1.29 is 71.4 Å². The van der Waals surface area contributed by atoms with E-state index in [-0.39, 0.29) is 35.5 Å². The maximum atomic E-state index is 13.8. The van der Waals surface area contributed by atoms with E-state index >= 15 is 0 Å². The largest absolute Gasteiger partial charge is 0.509 e. The normalized spacial score (nSPS) is 35.6. The minimum atomic E-state index is -4.40. The molecule has 3 fully saturated rings. The van der Waals surface area contributed by atoms with Crippen LogP contribution in [0.15, 0.2) is 37.5 Å². The predicted octanol–water partition coefficient (Wildman–Crippen LogP) is 1.19. The number of ether oxygens (including phenoxy) is 4. The van der Waals surface area contributed by atoms with Crippen molar-refractivity contribution in [2.24, 2.45) is 5.41 Å². The number of hydrogen-bond donors (Lipinski definition) is 6. The molecule has 4 unspecified atom stereocenters. The van der Waals surface area contributed by atoms with Crippen LogP contribution < -0.4 is 11.1 Å². The first-order valence-corrected chi connectivity index (χ1v) is 24.5. The number of amides is 1. The number of carboxylic acid groups (broad SMARTS) is 1. The van der Waals surface area contributed by atoms with Gasteiger partial charge in [-0.2, -0.15) is 0 Å². The van der Waals surface area contributed by atoms with Crippen LogP contribution in [0.25, 0.3) is 22.3 Å². The molecule has 3 aliphatic heterocycles. The fourth-order valence-electron chi connectivity index (χ4n) is 7.72. The number of nitrogens with one attached hydrogen (secondary N) is 1. The van der Waals surface area contributed by atoms with Gasteiger partial charge in [-0.25, -0.2) is 34.7 Å². The lowest BCUT2D eigenvalue weighted by molar-refractivity contribution is -0.140. The van der Waals surface area contributed by atoms with Crippen LogP contribution in [0, 0.1) is 12.3 Å². The van der Waals surface area contributed by atoms with Gasteiger partial charge in [0.2, 0.25) is 5.91 Å². The molecule has 7 N–H and O–H groups in total. The summed E-state index contributed by atoms with van der Waals surface area (Å²) in [6.45, 7) is -7.08. The van der Waals surface area contributed by atoms with Gasteiger partial charge in [-0.15, -0.1) is 0 Å². The molecule has 2 bridgehead atoms. The SMILES string of the molecule is Cc1ncnc2c1ncn2[C@@H]1O[C@@H]2COP(O)(=S)O[C@@H]3[C@H](O)[C@@H](COP(O)(=S)O[C@H]2[C@H]1OC(=O)OC1/C=C/CCC(C)(C(=O)NCC(=O)O)CC1)O[C@H]3n1cnc2c(N)ncnc21. The molecule has 0 saturated carbocycles. The molecule has 7 heterocycles. The van der Waals surface area contributed by atoms with Crippen molar-refractivity contribution >= 4 is 83.2 Å². The fraction of sp³-hybridized carbons (Fsp3) is 0.559. The summed E-state index contributed by atoms with van der Waals surface area (Å²) in [4.78, 5) is 86.3. The molecule has 12 atom stereocenters. The van der Waals surface area contributed by atoms with Crippen molar-refractivity contribution in [3.05, 3.63) is 43.2 Å². The molecule has 3 saturated heterocycles. The Bertz CT molecular complexity index is 2530. The summed E-state index contributed by atoms with van der Waals surface area (Å²) in [5, 5.41) is 22.9. The monoisotopic (exact) mass is 956 g/mol. The molecule has 4 aromatic heterocycles. The second kappa shape index (κ2) is 18.0. The quantitative estimate of drug-likeness (QED) is 0.0861. The Hall–Kier alpha value is -4.21. The van der Waals surface area contributed by atoms with E-state index in [2.05, 4.69) is 35.2 Å². The lowest BCUT2D eigenvalue weighted by atomic mass is 9.78. The van der Waals surface area contributed by atoms with Gasteiger partial charge < -0.3 is 59.0 Å². The fourth-order valence-corrected chi connectivity index (χ4v) is 10.6. The number of nitrogens with zero attached hydrogens (tertiary/aromatic N) is 8. The molecule has 4 aromatic rings. The third kappa shape index (κ3) is 9.61. The van der Waals surface area contributed by atoms with Crippen molar-refractivity contribution in [1.29, 1.82) is 0 Å². The van der Waals surface area contributed by atoms with Gasteiger partial charge in [-0.3, -0.25) is 27.8 Å². The predicted molar refractivity (Wildman–Crippen MR) is 220 cm³/mol. The van der Waals surface area contributed by atoms with Crippen LogP contribution in [-0.4, -0.2) is 140 Å². The standard InChI is InChI=1S/C34H42N10O15P2S2/c1-16-21-28(39-12-37-16)43(14-41-21)31-26(57-33(49)54-17-5-3-4-7-34(2,8-6-17)32(48)36-9-20(45)46)24-19(56-31)11-53-61(51,63)59-25-23(47)18(10-52-60(50,62)58-24)55-30(25)44-15-42-22-27(35)38-13-40-29(22)44/h3,5,12-15,17-19,23-26,30-31,47H,4,6-11H2,1-2H3,(H,36,48)(H,45,46)(H,50,62)(H,51,63)(H2,35,38,40)/b5-3+/t17?,18-,19-,23-,24-,25-,26-,30-,31-,34?,60?,61?/m1/s1. The average molecular weight is 957 g/mol. The van der Waals surface area contributed by atoms with Crippen LogP contribution in [0.1, 0.15) is 50.8 Å². The number of anilines is 1. The number of carbonyl (C=O) groups excluding carboxylic acids is 2. The van der Waals surface area contributed by atoms with Gasteiger partial charge in [-0.05, 0) is 62.3 Å². The minimum Gasteiger partial charge on any atom is -0.480 e. The van der Waals surface area contributed by atoms with Gasteiger partial charge in [0.05, 0.1) is 31.6 Å². The molecule has 8 rings (SSSR count). The van der Waals surface area contributed by atoms with Crippen LogP contribution in [0.2, 0.25) is 0 Å². The lowest BCUT2D eigenvalue weighted by Crippen LogP contribution is -2.42. The summed E-state index contributed by atoms with van der Waals surface area (Å²) >= 11 is 10.9. The number of nitrogens with two attached hydrogens (primary N) is 1. The average Bonchev–Trinajstić information content (AvgIpc) is 4.00. The Kier molecular flexibility index (Phi) is 13.0. The third-order valence-corrected chi connectivity index (χ3v) is 14.1. The highest BCUT2D eigenvalue weighted by Gasteiger charge is 2.54. The smallest absolute Gasteiger partial charge is 0.480 e. The zero-order valence-corrected chi connectivity index (χ0v) is 36.7. The maximum absolute atomic E-state index is 13.8. The number of aliphatic hydroxyl groups excluding tert-OH is 1. The number of carbonyl (C=O) groups is 3. The van der Waals surface area contributed by atoms with Crippen LogP contribution >= 0.6 is 13.4 Å². The van der Waals surface area contributed by atoms with E-state index in [4.69, 9.17) is 71.5 Å². The summed E-state index contributed by atoms with van der Waals surface area (Å²) in [5.41, 5.74) is 6.59. The molecule has 4 aliphatic rings. The van der Waals surface area contributed by atoms with E-state index in [0.29, 0.717) is 24.1 Å². The second-order valence-electron chi connectivity index (χ2n) is 15.3. The van der Waals surface area contributed by atoms with Crippen molar-refractivity contribution in [2.75, 3.05) is 25.5 Å². The summed E-state index contributed by atoms with van der Waals surface area (Å²) in [7, 11) is 0. The summed E-state index contributed by atoms with van der Waals surface area (Å²) in [6.07, 6.45) is -3.57. The van der Waals surface area contributed by atoms with E-state index in [0.717, 1.165) is 0 Å². The lowest BCUT2D eigenvalue weighted by Gasteiger charge is -2.31. The van der Waals surface area contributed by atoms with Crippen molar-refractivity contribution in [2.45, 2.75) is 94.7 Å². The highest BCUT2D eigenvalue weighted by molar-refractivity contribution is 8.07. The number of aliphatic hydroxyl groups is 1. The number of rotatable bonds is 7. The Labute approximate surface area is 366 Å². The highest BCUT2D eigenvalue weighted by Crippen LogP contribution is 2.54. The van der Waals surface area contributed by atoms with Gasteiger partial charge in [0.1, 0.15) is 66.9 Å². The number of aryl methyl sites for hydroxylation is 1. The molecule has 1 amide bonds. The van der Waals surface area contributed by atoms with Gasteiger partial charge in [0.15, 0.2) is 35.7 Å². The van der Waals surface area contributed by atoms with Gasteiger partial charge >= 0.3 is 25.6 Å². The topological polar surface area (TPSA) is 331 Å². The van der Waals surface area contributed by atoms with Gasteiger partial charge in [0, 0.05) is 5.41 Å². The molecule has 0 aromatic carbocycles. The summed E-state index contributed by atoms with van der Waals surface area (Å²) < 4.78 is 50.6. The number of nitrogen functional groups attached to an aromatic ring is 1. The number of fused-ring (bicyclic) bond motifs is 5. The van der Waals surface area contributed by atoms with Crippen LogP contribution in [0.3, 0.4) is 0 Å². The van der Waals surface area contributed by atoms with Crippen LogP contribution in [-0.2, 0) is 70.2 Å². The number of imidazole rings is 2. The third-order valence-electron chi connectivity index (χ3n) is 11.0. The first-order chi connectivity index (χ1) is 29.9. The van der Waals surface area contributed by atoms with Crippen LogP contribution in [0.4, 0.5) is 10.6 Å². The first-order valence-electron chi connectivity index (χ1n) is 19.3. The van der Waals surface area contributed by atoms with Crippen LogP contribution in [0.5, 0.6) is 0 Å². The maximum Gasteiger partial charge on any atom is 0.509 e. The molecular weight excluding hydrogens is 915 g/mol. The Morgan fingerprint density at radius 1 is 0.905 bits per heavy atom. The molecule has 25 nitrogen and oxygen atoms in total. The van der Waals surface area contributed by atoms with Gasteiger partial charge in [0.25, 0.3) is 0 Å². The molecule has 340 valence electrons. The van der Waals surface area contributed by atoms with Crippen molar-refractivity contribution in [3.8, 4) is 0 Å². The number of aromatic nitrogens is 8. The van der Waals surface area contributed by atoms with Gasteiger partial charge in [-0.1, -0.05) is 13.0 Å². The first kappa shape index (κ1) is 45.4. The van der Waals surface area contributed by atoms with Crippen molar-refractivity contribution in [3.63, 3.8) is 0 Å². The molecule has 1 aliphatic carbocycles. The minimum absolute atomic E-state index is 0.0678. The Balaban J connectivity index is 1.07. The zero-order valence-electron chi connectivity index (χ0n) is 33.3. The van der Waals surface area contributed by atoms with E-state index in [1.54, 1.807) is 26.0 Å².